The minimum Gasteiger partial charge on any atom is -0.268 e. The molecule has 0 N–H and O–H groups in total. The van der Waals surface area contributed by atoms with E-state index < -0.39 is 0 Å². The Morgan fingerprint density at radius 2 is 1.56 bits per heavy atom. The van der Waals surface area contributed by atoms with Crippen LogP contribution in [0.2, 0.25) is 0 Å². The van der Waals surface area contributed by atoms with Crippen LogP contribution in [0.3, 0.4) is 0 Å². The Labute approximate surface area is 194 Å². The molecule has 1 fully saturated rings. The molecule has 0 radical (unpaired) electrons. The van der Waals surface area contributed by atoms with Gasteiger partial charge in [-0.15, -0.1) is 6.58 Å². The van der Waals surface area contributed by atoms with Crippen LogP contribution in [0.25, 0.3) is 22.4 Å². The number of aryl methyl sites for hydroxylation is 1. The van der Waals surface area contributed by atoms with E-state index in [1.807, 2.05) is 0 Å². The molecule has 0 unspecified atom stereocenters. The van der Waals surface area contributed by atoms with E-state index in [9.17, 15) is 0 Å². The quantitative estimate of drug-likeness (QED) is 0.331. The van der Waals surface area contributed by atoms with Crippen LogP contribution in [0.1, 0.15) is 63.1 Å². The number of hydrogen-bond donors (Lipinski definition) is 0. The van der Waals surface area contributed by atoms with Gasteiger partial charge in [0.05, 0.1) is 0 Å². The van der Waals surface area contributed by atoms with Gasteiger partial charge in [-0.2, -0.15) is 5.10 Å². The van der Waals surface area contributed by atoms with Crippen molar-refractivity contribution in [1.82, 2.24) is 9.78 Å². The van der Waals surface area contributed by atoms with E-state index in [2.05, 4.69) is 86.6 Å². The highest BCUT2D eigenvalue weighted by Gasteiger charge is 2.24. The molecule has 1 heterocycles. The van der Waals surface area contributed by atoms with E-state index in [-0.39, 0.29) is 0 Å². The van der Waals surface area contributed by atoms with Crippen molar-refractivity contribution in [2.75, 3.05) is 0 Å². The Balaban J connectivity index is 1.51. The standard InChI is InChI=1S/C30H38N2/c1-22(2)9-8-10-25-15-17-26(18-16-25)21-32-24(4)29(27-11-6-5-7-12-27)30(31-32)28-19-13-23(3)14-20-28/h5-7,11-14,19-20,25-26H,1,8-10,15-18,21H2,2-4H3. The fraction of sp³-hybridized carbons (Fsp3) is 0.433. The van der Waals surface area contributed by atoms with Crippen LogP contribution in [-0.2, 0) is 6.54 Å². The van der Waals surface area contributed by atoms with Crippen LogP contribution in [0.15, 0.2) is 66.7 Å². The van der Waals surface area contributed by atoms with E-state index in [1.165, 1.54) is 78.5 Å². The summed E-state index contributed by atoms with van der Waals surface area (Å²) in [5.41, 5.74) is 8.75. The zero-order chi connectivity index (χ0) is 22.5. The van der Waals surface area contributed by atoms with Gasteiger partial charge >= 0.3 is 0 Å². The average Bonchev–Trinajstić information content (AvgIpc) is 3.11. The highest BCUT2D eigenvalue weighted by molar-refractivity contribution is 5.82. The molecule has 0 bridgehead atoms. The fourth-order valence-electron chi connectivity index (χ4n) is 5.23. The van der Waals surface area contributed by atoms with Crippen LogP contribution >= 0.6 is 0 Å². The maximum atomic E-state index is 5.18. The van der Waals surface area contributed by atoms with Gasteiger partial charge in [0.2, 0.25) is 0 Å². The first-order valence-corrected chi connectivity index (χ1v) is 12.4. The first-order valence-electron chi connectivity index (χ1n) is 12.4. The van der Waals surface area contributed by atoms with Gasteiger partial charge in [-0.1, -0.05) is 85.0 Å². The summed E-state index contributed by atoms with van der Waals surface area (Å²) in [5, 5.41) is 5.18. The molecule has 0 spiro atoms. The Morgan fingerprint density at radius 1 is 0.906 bits per heavy atom. The molecule has 168 valence electrons. The normalized spacial score (nSPS) is 18.6. The van der Waals surface area contributed by atoms with Gasteiger partial charge in [-0.3, -0.25) is 4.68 Å². The smallest absolute Gasteiger partial charge is 0.100 e. The van der Waals surface area contributed by atoms with Crippen LogP contribution < -0.4 is 0 Å². The van der Waals surface area contributed by atoms with E-state index in [4.69, 9.17) is 5.10 Å². The molecule has 2 heteroatoms. The highest BCUT2D eigenvalue weighted by Crippen LogP contribution is 2.37. The topological polar surface area (TPSA) is 17.8 Å². The third-order valence-corrected chi connectivity index (χ3v) is 7.21. The number of benzene rings is 2. The molecule has 0 amide bonds. The number of aromatic nitrogens is 2. The van der Waals surface area contributed by atoms with Gasteiger partial charge in [0.25, 0.3) is 0 Å². The molecule has 32 heavy (non-hydrogen) atoms. The molecule has 0 atom stereocenters. The molecule has 2 nitrogen and oxygen atoms in total. The Kier molecular flexibility index (Phi) is 7.29. The summed E-state index contributed by atoms with van der Waals surface area (Å²) >= 11 is 0. The van der Waals surface area contributed by atoms with E-state index in [1.54, 1.807) is 0 Å². The number of rotatable bonds is 8. The van der Waals surface area contributed by atoms with Gasteiger partial charge < -0.3 is 0 Å². The Morgan fingerprint density at radius 3 is 2.22 bits per heavy atom. The molecular weight excluding hydrogens is 388 g/mol. The van der Waals surface area contributed by atoms with Gasteiger partial charge in [-0.25, -0.2) is 0 Å². The molecule has 1 saturated carbocycles. The number of hydrogen-bond acceptors (Lipinski definition) is 1. The van der Waals surface area contributed by atoms with E-state index in [0.717, 1.165) is 24.1 Å². The Hall–Kier alpha value is -2.61. The summed E-state index contributed by atoms with van der Waals surface area (Å²) in [6, 6.07) is 19.6. The molecule has 0 aliphatic heterocycles. The lowest BCUT2D eigenvalue weighted by molar-refractivity contribution is 0.234. The second-order valence-corrected chi connectivity index (χ2v) is 9.96. The zero-order valence-electron chi connectivity index (χ0n) is 20.1. The molecule has 4 rings (SSSR count). The van der Waals surface area contributed by atoms with Crippen molar-refractivity contribution in [3.05, 3.63) is 78.0 Å². The SMILES string of the molecule is C=C(C)CCCC1CCC(Cn2nc(-c3ccc(C)cc3)c(-c3ccccc3)c2C)CC1. The van der Waals surface area contributed by atoms with Gasteiger partial charge in [0, 0.05) is 23.4 Å². The molecule has 2 aromatic carbocycles. The zero-order valence-corrected chi connectivity index (χ0v) is 20.1. The van der Waals surface area contributed by atoms with Crippen molar-refractivity contribution in [3.63, 3.8) is 0 Å². The first-order chi connectivity index (χ1) is 15.5. The lowest BCUT2D eigenvalue weighted by Gasteiger charge is -2.28. The summed E-state index contributed by atoms with van der Waals surface area (Å²) in [6.07, 6.45) is 9.28. The van der Waals surface area contributed by atoms with Gasteiger partial charge in [0.15, 0.2) is 0 Å². The molecule has 0 saturated heterocycles. The highest BCUT2D eigenvalue weighted by atomic mass is 15.3. The third-order valence-electron chi connectivity index (χ3n) is 7.21. The first kappa shape index (κ1) is 22.6. The van der Waals surface area contributed by atoms with Crippen molar-refractivity contribution in [2.45, 2.75) is 72.3 Å². The van der Waals surface area contributed by atoms with Gasteiger partial charge in [0.1, 0.15) is 5.69 Å². The molecule has 1 aromatic heterocycles. The predicted octanol–water partition coefficient (Wildman–Crippen LogP) is 8.39. The Bertz CT molecular complexity index is 1020. The second kappa shape index (κ2) is 10.3. The molecule has 3 aromatic rings. The maximum absolute atomic E-state index is 5.18. The minimum atomic E-state index is 0.737. The molecule has 1 aliphatic rings. The summed E-state index contributed by atoms with van der Waals surface area (Å²) in [6.45, 7) is 11.6. The van der Waals surface area contributed by atoms with Crippen LogP contribution in [0.4, 0.5) is 0 Å². The van der Waals surface area contributed by atoms with E-state index in [0.29, 0.717) is 0 Å². The van der Waals surface area contributed by atoms with Crippen LogP contribution in [0, 0.1) is 25.7 Å². The molecule has 1 aliphatic carbocycles. The largest absolute Gasteiger partial charge is 0.268 e. The number of nitrogens with zero attached hydrogens (tertiary/aromatic N) is 2. The number of allylic oxidation sites excluding steroid dienone is 1. The summed E-state index contributed by atoms with van der Waals surface area (Å²) in [4.78, 5) is 0. The van der Waals surface area contributed by atoms with Crippen LogP contribution in [0.5, 0.6) is 0 Å². The van der Waals surface area contributed by atoms with Crippen molar-refractivity contribution in [2.24, 2.45) is 11.8 Å². The van der Waals surface area contributed by atoms with Crippen molar-refractivity contribution < 1.29 is 0 Å². The summed E-state index contributed by atoms with van der Waals surface area (Å²) in [7, 11) is 0. The second-order valence-electron chi connectivity index (χ2n) is 9.96. The third kappa shape index (κ3) is 5.41. The average molecular weight is 427 g/mol. The molecular formula is C30H38N2. The van der Waals surface area contributed by atoms with E-state index >= 15 is 0 Å². The van der Waals surface area contributed by atoms with Crippen LogP contribution in [-0.4, -0.2) is 9.78 Å². The predicted molar refractivity (Wildman–Crippen MR) is 137 cm³/mol. The summed E-state index contributed by atoms with van der Waals surface area (Å²) in [5.74, 6) is 1.65. The van der Waals surface area contributed by atoms with Crippen molar-refractivity contribution in [3.8, 4) is 22.4 Å². The summed E-state index contributed by atoms with van der Waals surface area (Å²) < 4.78 is 2.30. The van der Waals surface area contributed by atoms with Gasteiger partial charge in [-0.05, 0) is 63.9 Å². The minimum absolute atomic E-state index is 0.737. The van der Waals surface area contributed by atoms with Crippen molar-refractivity contribution in [1.29, 1.82) is 0 Å². The lowest BCUT2D eigenvalue weighted by Crippen LogP contribution is -2.20. The maximum Gasteiger partial charge on any atom is 0.100 e. The fourth-order valence-corrected chi connectivity index (χ4v) is 5.23. The lowest BCUT2D eigenvalue weighted by atomic mass is 9.79. The van der Waals surface area contributed by atoms with Crippen molar-refractivity contribution >= 4 is 0 Å². The monoisotopic (exact) mass is 426 g/mol.